The highest BCUT2D eigenvalue weighted by atomic mass is 19.4. The molecule has 1 fully saturated rings. The molecule has 1 aromatic rings. The minimum absolute atomic E-state index is 0.350. The number of benzene rings is 1. The van der Waals surface area contributed by atoms with Gasteiger partial charge in [0.25, 0.3) is 0 Å². The highest BCUT2D eigenvalue weighted by Crippen LogP contribution is 2.37. The van der Waals surface area contributed by atoms with E-state index in [-0.39, 0.29) is 0 Å². The summed E-state index contributed by atoms with van der Waals surface area (Å²) in [5.41, 5.74) is 0.965. The second kappa shape index (κ2) is 4.16. The van der Waals surface area contributed by atoms with Crippen molar-refractivity contribution in [3.63, 3.8) is 0 Å². The Hall–Kier alpha value is -1.23. The predicted octanol–water partition coefficient (Wildman–Crippen LogP) is 3.00. The molecule has 3 rings (SSSR count). The van der Waals surface area contributed by atoms with E-state index in [1.807, 2.05) is 0 Å². The SMILES string of the molecule is FC(F)(F)c1ccc2c(c1)CNCC(C1CC1)N2. The predicted molar refractivity (Wildman–Crippen MR) is 63.3 cm³/mol. The Morgan fingerprint density at radius 2 is 1.94 bits per heavy atom. The van der Waals surface area contributed by atoms with Crippen molar-refractivity contribution >= 4 is 5.69 Å². The first-order valence-electron chi connectivity index (χ1n) is 6.21. The van der Waals surface area contributed by atoms with Crippen molar-refractivity contribution in [3.8, 4) is 0 Å². The topological polar surface area (TPSA) is 24.1 Å². The Morgan fingerprint density at radius 1 is 1.17 bits per heavy atom. The number of anilines is 1. The molecule has 5 heteroatoms. The van der Waals surface area contributed by atoms with Crippen molar-refractivity contribution in [2.24, 2.45) is 5.92 Å². The Labute approximate surface area is 104 Å². The average Bonchev–Trinajstić information content (AvgIpc) is 3.13. The van der Waals surface area contributed by atoms with Gasteiger partial charge in [0.05, 0.1) is 5.56 Å². The zero-order valence-electron chi connectivity index (χ0n) is 9.85. The lowest BCUT2D eigenvalue weighted by Gasteiger charge is -2.17. The fraction of sp³-hybridized carbons (Fsp3) is 0.538. The first kappa shape index (κ1) is 11.8. The second-order valence-electron chi connectivity index (χ2n) is 5.09. The number of fused-ring (bicyclic) bond motifs is 1. The van der Waals surface area contributed by atoms with Crippen LogP contribution in [0.2, 0.25) is 0 Å². The van der Waals surface area contributed by atoms with Crippen LogP contribution in [0.5, 0.6) is 0 Å². The van der Waals surface area contributed by atoms with Gasteiger partial charge in [-0.05, 0) is 42.5 Å². The van der Waals surface area contributed by atoms with E-state index < -0.39 is 11.7 Å². The summed E-state index contributed by atoms with van der Waals surface area (Å²) in [5, 5.41) is 6.59. The lowest BCUT2D eigenvalue weighted by molar-refractivity contribution is -0.137. The molecule has 2 nitrogen and oxygen atoms in total. The molecule has 0 aromatic heterocycles. The fourth-order valence-corrected chi connectivity index (χ4v) is 2.45. The van der Waals surface area contributed by atoms with Crippen molar-refractivity contribution in [2.75, 3.05) is 11.9 Å². The largest absolute Gasteiger partial charge is 0.416 e. The van der Waals surface area contributed by atoms with Crippen LogP contribution in [-0.4, -0.2) is 12.6 Å². The molecule has 2 N–H and O–H groups in total. The Kier molecular flexibility index (Phi) is 2.73. The number of hydrogen-bond donors (Lipinski definition) is 2. The molecule has 0 radical (unpaired) electrons. The number of halogens is 3. The maximum absolute atomic E-state index is 12.6. The minimum Gasteiger partial charge on any atom is -0.380 e. The highest BCUT2D eigenvalue weighted by molar-refractivity contribution is 5.55. The number of hydrogen-bond acceptors (Lipinski definition) is 2. The zero-order valence-corrected chi connectivity index (χ0v) is 9.85. The van der Waals surface area contributed by atoms with Crippen molar-refractivity contribution in [1.29, 1.82) is 0 Å². The van der Waals surface area contributed by atoms with E-state index in [1.54, 1.807) is 6.07 Å². The first-order valence-corrected chi connectivity index (χ1v) is 6.21. The Bertz CT molecular complexity index is 452. The molecule has 1 aromatic carbocycles. The molecule has 1 saturated carbocycles. The van der Waals surface area contributed by atoms with Crippen LogP contribution in [0.4, 0.5) is 18.9 Å². The molecule has 98 valence electrons. The molecule has 1 heterocycles. The van der Waals surface area contributed by atoms with E-state index in [4.69, 9.17) is 0 Å². The van der Waals surface area contributed by atoms with Crippen molar-refractivity contribution in [1.82, 2.24) is 5.32 Å². The molecular formula is C13H15F3N2. The van der Waals surface area contributed by atoms with Crippen LogP contribution >= 0.6 is 0 Å². The molecular weight excluding hydrogens is 241 g/mol. The van der Waals surface area contributed by atoms with Gasteiger partial charge < -0.3 is 10.6 Å². The monoisotopic (exact) mass is 256 g/mol. The van der Waals surface area contributed by atoms with Gasteiger partial charge in [0, 0.05) is 24.8 Å². The van der Waals surface area contributed by atoms with E-state index in [1.165, 1.54) is 18.9 Å². The lowest BCUT2D eigenvalue weighted by Crippen LogP contribution is -2.31. The number of rotatable bonds is 1. The molecule has 0 amide bonds. The minimum atomic E-state index is -4.27. The van der Waals surface area contributed by atoms with Crippen LogP contribution in [0.25, 0.3) is 0 Å². The zero-order chi connectivity index (χ0) is 12.8. The molecule has 2 aliphatic rings. The van der Waals surface area contributed by atoms with Crippen LogP contribution in [0, 0.1) is 5.92 Å². The van der Waals surface area contributed by atoms with Gasteiger partial charge in [-0.2, -0.15) is 13.2 Å². The quantitative estimate of drug-likeness (QED) is 0.807. The first-order chi connectivity index (χ1) is 8.54. The molecule has 0 saturated heterocycles. The number of alkyl halides is 3. The summed E-state index contributed by atoms with van der Waals surface area (Å²) >= 11 is 0. The standard InChI is InChI=1S/C13H15F3N2/c14-13(15,16)10-3-4-11-9(5-10)6-17-7-12(18-11)8-1-2-8/h3-5,8,12,17-18H,1-2,6-7H2. The molecule has 1 aliphatic carbocycles. The normalized spacial score (nSPS) is 24.1. The van der Waals surface area contributed by atoms with Gasteiger partial charge in [-0.1, -0.05) is 0 Å². The van der Waals surface area contributed by atoms with Crippen molar-refractivity contribution < 1.29 is 13.2 Å². The molecule has 0 bridgehead atoms. The summed E-state index contributed by atoms with van der Waals surface area (Å²) in [6, 6.07) is 4.30. The smallest absolute Gasteiger partial charge is 0.380 e. The van der Waals surface area contributed by atoms with Crippen molar-refractivity contribution in [2.45, 2.75) is 31.6 Å². The summed E-state index contributed by atoms with van der Waals surface area (Å²) in [4.78, 5) is 0. The van der Waals surface area contributed by atoms with Crippen LogP contribution in [0.15, 0.2) is 18.2 Å². The maximum Gasteiger partial charge on any atom is 0.416 e. The van der Waals surface area contributed by atoms with Gasteiger partial charge in [-0.15, -0.1) is 0 Å². The average molecular weight is 256 g/mol. The third-order valence-electron chi connectivity index (χ3n) is 3.64. The van der Waals surface area contributed by atoms with E-state index in [0.717, 1.165) is 18.3 Å². The molecule has 1 unspecified atom stereocenters. The van der Waals surface area contributed by atoms with Crippen molar-refractivity contribution in [3.05, 3.63) is 29.3 Å². The van der Waals surface area contributed by atoms with Crippen LogP contribution in [-0.2, 0) is 12.7 Å². The lowest BCUT2D eigenvalue weighted by atomic mass is 10.1. The fourth-order valence-electron chi connectivity index (χ4n) is 2.45. The van der Waals surface area contributed by atoms with Gasteiger partial charge >= 0.3 is 6.18 Å². The summed E-state index contributed by atoms with van der Waals surface area (Å²) < 4.78 is 37.9. The van der Waals surface area contributed by atoms with Gasteiger partial charge in [0.15, 0.2) is 0 Å². The van der Waals surface area contributed by atoms with E-state index in [0.29, 0.717) is 24.1 Å². The summed E-state index contributed by atoms with van der Waals surface area (Å²) in [5.74, 6) is 0.672. The molecule has 1 atom stereocenters. The maximum atomic E-state index is 12.6. The van der Waals surface area contributed by atoms with Gasteiger partial charge in [0.2, 0.25) is 0 Å². The third-order valence-corrected chi connectivity index (χ3v) is 3.64. The number of nitrogens with one attached hydrogen (secondary N) is 2. The van der Waals surface area contributed by atoms with E-state index in [9.17, 15) is 13.2 Å². The van der Waals surface area contributed by atoms with Gasteiger partial charge in [-0.3, -0.25) is 0 Å². The van der Waals surface area contributed by atoms with E-state index >= 15 is 0 Å². The highest BCUT2D eigenvalue weighted by Gasteiger charge is 2.34. The molecule has 0 spiro atoms. The van der Waals surface area contributed by atoms with E-state index in [2.05, 4.69) is 10.6 Å². The summed E-state index contributed by atoms with van der Waals surface area (Å²) in [6.45, 7) is 1.32. The second-order valence-corrected chi connectivity index (χ2v) is 5.09. The van der Waals surface area contributed by atoms with Gasteiger partial charge in [-0.25, -0.2) is 0 Å². The van der Waals surface area contributed by atoms with Gasteiger partial charge in [0.1, 0.15) is 0 Å². The summed E-state index contributed by atoms with van der Waals surface area (Å²) in [6.07, 6.45) is -1.83. The van der Waals surface area contributed by atoms with Crippen LogP contribution in [0.3, 0.4) is 0 Å². The van der Waals surface area contributed by atoms with Crippen LogP contribution in [0.1, 0.15) is 24.0 Å². The summed E-state index contributed by atoms with van der Waals surface area (Å²) in [7, 11) is 0. The Morgan fingerprint density at radius 3 is 2.61 bits per heavy atom. The van der Waals surface area contributed by atoms with Crippen LogP contribution < -0.4 is 10.6 Å². The molecule has 1 aliphatic heterocycles. The third kappa shape index (κ3) is 2.32. The Balaban J connectivity index is 1.88. The molecule has 18 heavy (non-hydrogen) atoms.